The smallest absolute Gasteiger partial charge is 0.408 e. The molecule has 3 atom stereocenters. The minimum absolute atomic E-state index is 0.0475. The Morgan fingerprint density at radius 2 is 2.14 bits per heavy atom. The molecule has 3 aromatic rings. The lowest BCUT2D eigenvalue weighted by molar-refractivity contribution is -0.0528. The number of imidazole rings is 1. The molecular formula is C22H24F3N7O4. The first-order valence-electron chi connectivity index (χ1n) is 11.6. The van der Waals surface area contributed by atoms with Crippen molar-refractivity contribution < 1.29 is 32.2 Å². The van der Waals surface area contributed by atoms with Gasteiger partial charge < -0.3 is 24.8 Å². The van der Waals surface area contributed by atoms with Crippen molar-refractivity contribution in [1.29, 1.82) is 0 Å². The van der Waals surface area contributed by atoms with Crippen molar-refractivity contribution in [2.75, 3.05) is 19.0 Å². The van der Waals surface area contributed by atoms with Crippen molar-refractivity contribution in [2.24, 2.45) is 5.92 Å². The Morgan fingerprint density at radius 1 is 1.33 bits per heavy atom. The Bertz CT molecular complexity index is 1280. The number of aromatic amines is 1. The zero-order chi connectivity index (χ0) is 25.0. The molecule has 0 radical (unpaired) electrons. The molecule has 1 amide bonds. The van der Waals surface area contributed by atoms with Gasteiger partial charge in [-0.1, -0.05) is 0 Å². The molecular weight excluding hydrogens is 483 g/mol. The highest BCUT2D eigenvalue weighted by Crippen LogP contribution is 2.57. The highest BCUT2D eigenvalue weighted by Gasteiger charge is 2.58. The predicted octanol–water partition coefficient (Wildman–Crippen LogP) is 3.34. The van der Waals surface area contributed by atoms with Crippen LogP contribution in [-0.2, 0) is 20.8 Å². The summed E-state index contributed by atoms with van der Waals surface area (Å²) in [5.74, 6) is 0.937. The molecule has 36 heavy (non-hydrogen) atoms. The number of hydrogen-bond acceptors (Lipinski definition) is 8. The monoisotopic (exact) mass is 507 g/mol. The van der Waals surface area contributed by atoms with Crippen LogP contribution in [0.1, 0.15) is 48.9 Å². The SMILES string of the molecule is COCc1cn2c(Nc3cc([C@@H]4OC[C@H](OC(=O)NC56CC(C5)C6)[C@@H]4F)[nH]n3)nc(C(F)F)cc2n1. The van der Waals surface area contributed by atoms with Crippen LogP contribution in [0.15, 0.2) is 18.3 Å². The molecule has 4 heterocycles. The van der Waals surface area contributed by atoms with Gasteiger partial charge in [0.15, 0.2) is 18.1 Å². The number of ether oxygens (including phenoxy) is 3. The summed E-state index contributed by atoms with van der Waals surface area (Å²) < 4.78 is 59.2. The molecule has 0 aromatic carbocycles. The second-order valence-electron chi connectivity index (χ2n) is 9.56. The van der Waals surface area contributed by atoms with Gasteiger partial charge in [0.1, 0.15) is 17.4 Å². The number of alkyl halides is 3. The summed E-state index contributed by atoms with van der Waals surface area (Å²) in [6.07, 6.45) is -2.72. The number of hydrogen-bond donors (Lipinski definition) is 3. The number of methoxy groups -OCH3 is 1. The molecule has 3 saturated carbocycles. The quantitative estimate of drug-likeness (QED) is 0.424. The van der Waals surface area contributed by atoms with Gasteiger partial charge in [0, 0.05) is 31.0 Å². The van der Waals surface area contributed by atoms with Gasteiger partial charge in [0.05, 0.1) is 24.6 Å². The Hall–Kier alpha value is -3.39. The van der Waals surface area contributed by atoms with Crippen molar-refractivity contribution >= 4 is 23.5 Å². The highest BCUT2D eigenvalue weighted by atomic mass is 19.3. The van der Waals surface area contributed by atoms with Gasteiger partial charge >= 0.3 is 6.09 Å². The molecule has 2 bridgehead atoms. The number of alkyl carbamates (subject to hydrolysis) is 1. The van der Waals surface area contributed by atoms with Crippen LogP contribution in [-0.4, -0.2) is 62.2 Å². The first kappa shape index (κ1) is 23.0. The Morgan fingerprint density at radius 3 is 2.83 bits per heavy atom. The maximum Gasteiger partial charge on any atom is 0.408 e. The average molecular weight is 507 g/mol. The third-order valence-corrected chi connectivity index (χ3v) is 6.93. The third-order valence-electron chi connectivity index (χ3n) is 6.93. The molecule has 3 N–H and O–H groups in total. The Balaban J connectivity index is 1.15. The molecule has 11 nitrogen and oxygen atoms in total. The first-order chi connectivity index (χ1) is 17.3. The fraction of sp³-hybridized carbons (Fsp3) is 0.545. The zero-order valence-corrected chi connectivity index (χ0v) is 19.2. The number of rotatable bonds is 8. The van der Waals surface area contributed by atoms with E-state index in [1.807, 2.05) is 0 Å². The fourth-order valence-electron chi connectivity index (χ4n) is 5.09. The molecule has 1 aliphatic heterocycles. The topological polar surface area (TPSA) is 128 Å². The Kier molecular flexibility index (Phi) is 5.52. The number of halogens is 3. The average Bonchev–Trinajstić information content (AvgIpc) is 3.49. The zero-order valence-electron chi connectivity index (χ0n) is 19.2. The van der Waals surface area contributed by atoms with Crippen molar-refractivity contribution in [2.45, 2.75) is 56.2 Å². The molecule has 7 rings (SSSR count). The van der Waals surface area contributed by atoms with Gasteiger partial charge in [-0.25, -0.2) is 27.9 Å². The van der Waals surface area contributed by atoms with Crippen molar-refractivity contribution in [3.8, 4) is 0 Å². The summed E-state index contributed by atoms with van der Waals surface area (Å²) in [5, 5.41) is 12.5. The minimum Gasteiger partial charge on any atom is -0.441 e. The first-order valence-corrected chi connectivity index (χ1v) is 11.6. The van der Waals surface area contributed by atoms with Crippen molar-refractivity contribution in [1.82, 2.24) is 29.9 Å². The number of nitrogens with zero attached hydrogens (tertiary/aromatic N) is 4. The van der Waals surface area contributed by atoms with Gasteiger partial charge in [-0.3, -0.25) is 9.50 Å². The lowest BCUT2D eigenvalue weighted by Gasteiger charge is -2.61. The van der Waals surface area contributed by atoms with Crippen LogP contribution in [0.2, 0.25) is 0 Å². The highest BCUT2D eigenvalue weighted by molar-refractivity contribution is 5.69. The summed E-state index contributed by atoms with van der Waals surface area (Å²) in [7, 11) is 1.50. The summed E-state index contributed by atoms with van der Waals surface area (Å²) >= 11 is 0. The van der Waals surface area contributed by atoms with Gasteiger partial charge in [0.25, 0.3) is 6.43 Å². The summed E-state index contributed by atoms with van der Waals surface area (Å²) in [5.41, 5.74) is 0.445. The third kappa shape index (κ3) is 4.03. The predicted molar refractivity (Wildman–Crippen MR) is 118 cm³/mol. The summed E-state index contributed by atoms with van der Waals surface area (Å²) in [6.45, 7) is 0.0872. The van der Waals surface area contributed by atoms with Crippen LogP contribution in [0.3, 0.4) is 0 Å². The van der Waals surface area contributed by atoms with Gasteiger partial charge in [-0.15, -0.1) is 0 Å². The molecule has 192 valence electrons. The number of aromatic nitrogens is 5. The van der Waals surface area contributed by atoms with Gasteiger partial charge in [-0.2, -0.15) is 5.10 Å². The maximum absolute atomic E-state index is 15.1. The van der Waals surface area contributed by atoms with E-state index in [2.05, 4.69) is 30.8 Å². The largest absolute Gasteiger partial charge is 0.441 e. The van der Waals surface area contributed by atoms with Gasteiger partial charge in [0.2, 0.25) is 5.95 Å². The standard InChI is InChI=1S/C22H24F3N7O4/c1-34-8-11-7-32-16(26-11)3-13(19(24)25)27-20(32)28-15-2-12(30-31-15)18-17(23)14(9-35-18)36-21(33)29-22-4-10(5-22)6-22/h2-3,7,10,14,17-19H,4-6,8-9H2,1H3,(H,29,33)(H2,27,28,30,31)/t10?,14-,17-,18-,22?/m0/s1. The number of carbonyl (C=O) groups is 1. The van der Waals surface area contributed by atoms with Gasteiger partial charge in [-0.05, 0) is 25.2 Å². The van der Waals surface area contributed by atoms with Crippen LogP contribution in [0.4, 0.5) is 29.7 Å². The molecule has 3 aliphatic carbocycles. The van der Waals surface area contributed by atoms with E-state index in [-0.39, 0.29) is 36.2 Å². The number of H-pyrrole nitrogens is 1. The maximum atomic E-state index is 15.1. The molecule has 14 heteroatoms. The van der Waals surface area contributed by atoms with Crippen molar-refractivity contribution in [3.63, 3.8) is 0 Å². The van der Waals surface area contributed by atoms with E-state index in [1.54, 1.807) is 6.20 Å². The molecule has 1 saturated heterocycles. The lowest BCUT2D eigenvalue weighted by Crippen LogP contribution is -2.68. The molecule has 0 unspecified atom stereocenters. The van der Waals surface area contributed by atoms with Crippen LogP contribution < -0.4 is 10.6 Å². The van der Waals surface area contributed by atoms with E-state index in [4.69, 9.17) is 14.2 Å². The van der Waals surface area contributed by atoms with E-state index in [0.717, 1.165) is 19.3 Å². The van der Waals surface area contributed by atoms with E-state index >= 15 is 4.39 Å². The van der Waals surface area contributed by atoms with E-state index in [0.29, 0.717) is 17.3 Å². The molecule has 4 aliphatic rings. The number of carbonyl (C=O) groups excluding carboxylic acids is 1. The Labute approximate surface area is 202 Å². The summed E-state index contributed by atoms with van der Waals surface area (Å²) in [4.78, 5) is 20.4. The minimum atomic E-state index is -2.81. The number of nitrogens with one attached hydrogen (secondary N) is 3. The second-order valence-corrected chi connectivity index (χ2v) is 9.56. The van der Waals surface area contributed by atoms with Crippen LogP contribution >= 0.6 is 0 Å². The number of anilines is 2. The number of amides is 1. The molecule has 4 fully saturated rings. The van der Waals surface area contributed by atoms with E-state index in [9.17, 15) is 13.6 Å². The molecule has 3 aromatic heterocycles. The van der Waals surface area contributed by atoms with Crippen molar-refractivity contribution in [3.05, 3.63) is 35.4 Å². The number of fused-ring (bicyclic) bond motifs is 1. The fourth-order valence-corrected chi connectivity index (χ4v) is 5.09. The van der Waals surface area contributed by atoms with Crippen LogP contribution in [0, 0.1) is 5.92 Å². The lowest BCUT2D eigenvalue weighted by atomic mass is 9.50. The second kappa shape index (κ2) is 8.62. The van der Waals surface area contributed by atoms with Crippen LogP contribution in [0.25, 0.3) is 5.65 Å². The summed E-state index contributed by atoms with van der Waals surface area (Å²) in [6, 6.07) is 2.67. The van der Waals surface area contributed by atoms with E-state index < -0.39 is 36.6 Å². The molecule has 0 spiro atoms. The van der Waals surface area contributed by atoms with E-state index in [1.165, 1.54) is 23.6 Å². The van der Waals surface area contributed by atoms with Crippen LogP contribution in [0.5, 0.6) is 0 Å². The normalized spacial score (nSPS) is 28.7.